The molecule has 5 rings (SSSR count). The first-order chi connectivity index (χ1) is 24.0. The first-order valence-corrected chi connectivity index (χ1v) is 16.5. The minimum atomic E-state index is -4.67. The Labute approximate surface area is 292 Å². The van der Waals surface area contributed by atoms with Crippen LogP contribution in [0, 0.1) is 0 Å². The fraction of sp³-hybridized carbons (Fsp3) is 0.459. The van der Waals surface area contributed by atoms with E-state index in [-0.39, 0.29) is 30.4 Å². The van der Waals surface area contributed by atoms with E-state index < -0.39 is 78.9 Å². The van der Waals surface area contributed by atoms with Crippen LogP contribution in [-0.4, -0.2) is 84.1 Å². The average molecular weight is 716 g/mol. The van der Waals surface area contributed by atoms with E-state index in [2.05, 4.69) is 10.1 Å². The molecule has 1 aliphatic heterocycles. The summed E-state index contributed by atoms with van der Waals surface area (Å²) in [4.78, 5) is 51.0. The Morgan fingerprint density at radius 2 is 1.75 bits per heavy atom. The van der Waals surface area contributed by atoms with Gasteiger partial charge in [-0.3, -0.25) is 9.59 Å². The smallest absolute Gasteiger partial charge is 0.422 e. The molecule has 1 spiro atoms. The molecule has 0 saturated carbocycles. The minimum Gasteiger partial charge on any atom is -0.460 e. The number of benzene rings is 2. The number of amides is 1. The molecule has 11 nitrogen and oxygen atoms in total. The van der Waals surface area contributed by atoms with Crippen LogP contribution in [0.15, 0.2) is 66.3 Å². The topological polar surface area (TPSA) is 147 Å². The van der Waals surface area contributed by atoms with Gasteiger partial charge in [0.05, 0.1) is 18.2 Å². The zero-order valence-corrected chi connectivity index (χ0v) is 28.4. The molecule has 2 aromatic rings. The lowest BCUT2D eigenvalue weighted by molar-refractivity contribution is -0.182. The lowest BCUT2D eigenvalue weighted by Gasteiger charge is -2.31. The molecule has 0 radical (unpaired) electrons. The van der Waals surface area contributed by atoms with Gasteiger partial charge in [-0.15, -0.1) is 0 Å². The summed E-state index contributed by atoms with van der Waals surface area (Å²) in [5.74, 6) is -4.04. The molecule has 1 fully saturated rings. The molecular weight excluding hydrogens is 675 g/mol. The Morgan fingerprint density at radius 3 is 2.39 bits per heavy atom. The molecule has 3 aliphatic rings. The highest BCUT2D eigenvalue weighted by Crippen LogP contribution is 2.45. The highest BCUT2D eigenvalue weighted by molar-refractivity contribution is 5.95. The molecule has 274 valence electrons. The largest absolute Gasteiger partial charge is 0.460 e. The number of fused-ring (bicyclic) bond motifs is 2. The van der Waals surface area contributed by atoms with Gasteiger partial charge in [-0.05, 0) is 68.2 Å². The number of ether oxygens (including phenoxy) is 5. The second kappa shape index (κ2) is 15.4. The zero-order valence-electron chi connectivity index (χ0n) is 28.4. The molecule has 0 bridgehead atoms. The van der Waals surface area contributed by atoms with Crippen molar-refractivity contribution in [3.05, 3.63) is 88.5 Å². The Bertz CT molecular complexity index is 1670. The molecule has 51 heavy (non-hydrogen) atoms. The Kier molecular flexibility index (Phi) is 11.4. The number of rotatable bonds is 11. The lowest BCUT2D eigenvalue weighted by atomic mass is 9.91. The maximum Gasteiger partial charge on any atom is 0.422 e. The van der Waals surface area contributed by atoms with Crippen molar-refractivity contribution >= 4 is 29.9 Å². The van der Waals surface area contributed by atoms with Crippen molar-refractivity contribution in [3.8, 4) is 0 Å². The van der Waals surface area contributed by atoms with E-state index in [1.54, 1.807) is 26.8 Å². The van der Waals surface area contributed by atoms with Gasteiger partial charge < -0.3 is 34.1 Å². The van der Waals surface area contributed by atoms with Gasteiger partial charge in [-0.25, -0.2) is 9.59 Å². The SMILES string of the molecule is CC(C)(C)OC(=O)CC[C@@H](CO)NC(=O)C1=C[C@H]2OC3(Cc4ccccc4C3)O[C@H]2[C@H](OC(=O)c2cccc(C=CC(=O)OCC(F)(F)F)c2)C1. The number of aliphatic hydroxyl groups excluding tert-OH is 1. The number of hydrogen-bond acceptors (Lipinski definition) is 10. The molecule has 1 heterocycles. The molecule has 2 aliphatic carbocycles. The predicted molar refractivity (Wildman–Crippen MR) is 175 cm³/mol. The molecule has 2 N–H and O–H groups in total. The quantitative estimate of drug-likeness (QED) is 0.193. The summed E-state index contributed by atoms with van der Waals surface area (Å²) in [5, 5.41) is 12.7. The van der Waals surface area contributed by atoms with Crippen LogP contribution >= 0.6 is 0 Å². The average Bonchev–Trinajstić information content (AvgIpc) is 3.61. The second-order valence-electron chi connectivity index (χ2n) is 13.7. The monoisotopic (exact) mass is 715 g/mol. The zero-order chi connectivity index (χ0) is 37.0. The second-order valence-corrected chi connectivity index (χ2v) is 13.7. The Morgan fingerprint density at radius 1 is 1.04 bits per heavy atom. The van der Waals surface area contributed by atoms with Crippen molar-refractivity contribution in [2.45, 2.75) is 94.8 Å². The van der Waals surface area contributed by atoms with Crippen LogP contribution in [0.2, 0.25) is 0 Å². The van der Waals surface area contributed by atoms with E-state index in [0.29, 0.717) is 18.4 Å². The fourth-order valence-corrected chi connectivity index (χ4v) is 6.17. The van der Waals surface area contributed by atoms with Crippen molar-refractivity contribution in [2.24, 2.45) is 0 Å². The van der Waals surface area contributed by atoms with E-state index in [0.717, 1.165) is 17.2 Å². The van der Waals surface area contributed by atoms with Crippen LogP contribution in [0.25, 0.3) is 6.08 Å². The van der Waals surface area contributed by atoms with Gasteiger partial charge in [-0.1, -0.05) is 36.4 Å². The van der Waals surface area contributed by atoms with Crippen molar-refractivity contribution in [1.82, 2.24) is 5.32 Å². The maximum atomic E-state index is 13.5. The van der Waals surface area contributed by atoms with Gasteiger partial charge in [-0.2, -0.15) is 13.2 Å². The molecule has 2 aromatic carbocycles. The van der Waals surface area contributed by atoms with Crippen molar-refractivity contribution < 1.29 is 61.1 Å². The molecule has 14 heteroatoms. The first-order valence-electron chi connectivity index (χ1n) is 16.5. The van der Waals surface area contributed by atoms with Crippen LogP contribution in [0.3, 0.4) is 0 Å². The fourth-order valence-electron chi connectivity index (χ4n) is 6.17. The van der Waals surface area contributed by atoms with Crippen molar-refractivity contribution in [2.75, 3.05) is 13.2 Å². The van der Waals surface area contributed by atoms with Gasteiger partial charge in [0, 0.05) is 37.3 Å². The molecule has 0 aromatic heterocycles. The normalized spacial score (nSPS) is 21.4. The van der Waals surface area contributed by atoms with Gasteiger partial charge in [0.2, 0.25) is 5.91 Å². The summed E-state index contributed by atoms with van der Waals surface area (Å²) in [5.41, 5.74) is 2.04. The van der Waals surface area contributed by atoms with Crippen molar-refractivity contribution in [1.29, 1.82) is 0 Å². The maximum absolute atomic E-state index is 13.5. The van der Waals surface area contributed by atoms with E-state index >= 15 is 0 Å². The Hall–Kier alpha value is -4.53. The van der Waals surface area contributed by atoms with Crippen LogP contribution in [-0.2, 0) is 50.9 Å². The van der Waals surface area contributed by atoms with Gasteiger partial charge in [0.15, 0.2) is 12.4 Å². The van der Waals surface area contributed by atoms with E-state index in [1.165, 1.54) is 30.3 Å². The minimum absolute atomic E-state index is 0.0320. The number of aliphatic hydroxyl groups is 1. The summed E-state index contributed by atoms with van der Waals surface area (Å²) in [6.07, 6.45) is -2.61. The number of nitrogens with one attached hydrogen (secondary N) is 1. The molecular formula is C37H40F3NO10. The van der Waals surface area contributed by atoms with Gasteiger partial charge in [0.1, 0.15) is 23.9 Å². The van der Waals surface area contributed by atoms with Crippen LogP contribution in [0.5, 0.6) is 0 Å². The van der Waals surface area contributed by atoms with Gasteiger partial charge in [0.25, 0.3) is 0 Å². The standard InChI is InChI=1S/C37H40F3NO10/c1-35(2,3)50-31(44)14-12-27(20-42)41-33(45)26-16-28(32-29(17-26)49-36(51-32)18-24-8-4-5-9-25(24)19-36)48-34(46)23-10-6-7-22(15-23)11-13-30(43)47-21-37(38,39)40/h4-11,13,15,17,27-29,32,42H,12,14,16,18-21H2,1-3H3,(H,41,45)/t27-,28+,29+,32-/m0/s1. The number of hydrogen-bond donors (Lipinski definition) is 2. The van der Waals surface area contributed by atoms with E-state index in [1.807, 2.05) is 24.3 Å². The summed E-state index contributed by atoms with van der Waals surface area (Å²) in [6, 6.07) is 12.9. The third kappa shape index (κ3) is 10.3. The van der Waals surface area contributed by atoms with Crippen LogP contribution in [0.1, 0.15) is 67.1 Å². The third-order valence-electron chi connectivity index (χ3n) is 8.35. The molecule has 1 amide bonds. The third-order valence-corrected chi connectivity index (χ3v) is 8.35. The number of carbonyl (C=O) groups is 4. The summed E-state index contributed by atoms with van der Waals surface area (Å²) >= 11 is 0. The summed E-state index contributed by atoms with van der Waals surface area (Å²) in [7, 11) is 0. The van der Waals surface area contributed by atoms with E-state index in [9.17, 15) is 37.5 Å². The lowest BCUT2D eigenvalue weighted by Crippen LogP contribution is -2.45. The molecule has 4 atom stereocenters. The number of carbonyl (C=O) groups excluding carboxylic acids is 4. The van der Waals surface area contributed by atoms with Crippen molar-refractivity contribution in [3.63, 3.8) is 0 Å². The van der Waals surface area contributed by atoms with Gasteiger partial charge >= 0.3 is 24.1 Å². The number of esters is 3. The van der Waals surface area contributed by atoms with E-state index in [4.69, 9.17) is 18.9 Å². The summed E-state index contributed by atoms with van der Waals surface area (Å²) in [6.45, 7) is 3.06. The predicted octanol–water partition coefficient (Wildman–Crippen LogP) is 4.54. The van der Waals surface area contributed by atoms with Crippen LogP contribution < -0.4 is 5.32 Å². The number of alkyl halides is 3. The molecule has 1 saturated heterocycles. The highest BCUT2D eigenvalue weighted by Gasteiger charge is 2.55. The first kappa shape index (κ1) is 37.7. The Balaban J connectivity index is 1.30. The van der Waals surface area contributed by atoms with Crippen LogP contribution in [0.4, 0.5) is 13.2 Å². The number of halogens is 3. The highest BCUT2D eigenvalue weighted by atomic mass is 19.4. The molecule has 0 unspecified atom stereocenters. The summed E-state index contributed by atoms with van der Waals surface area (Å²) < 4.78 is 65.5.